The minimum absolute atomic E-state index is 0.408. The van der Waals surface area contributed by atoms with Crippen LogP contribution in [0, 0.1) is 5.92 Å². The van der Waals surface area contributed by atoms with Crippen LogP contribution in [0.1, 0.15) is 47.0 Å². The molecule has 126 valence electrons. The zero-order chi connectivity index (χ0) is 16.1. The van der Waals surface area contributed by atoms with E-state index in [1.165, 1.54) is 38.6 Å². The Balaban J connectivity index is 2.43. The highest BCUT2D eigenvalue weighted by Crippen LogP contribution is 2.20. The quantitative estimate of drug-likeness (QED) is 0.710. The Morgan fingerprint density at radius 2 is 2.05 bits per heavy atom. The van der Waals surface area contributed by atoms with Crippen LogP contribution in [0.2, 0.25) is 0 Å². The third-order valence-corrected chi connectivity index (χ3v) is 5.04. The highest BCUT2D eigenvalue weighted by molar-refractivity contribution is 7.88. The van der Waals surface area contributed by atoms with Gasteiger partial charge in [0.05, 0.1) is 6.26 Å². The standard InChI is InChI=1S/C15H33N3O2S/c1-6-9-18-10-7-8-14(11-18)13(2)16-12-15(3,4)17-21(5,19)20/h13-14,16-17H,6-12H2,1-5H3. The summed E-state index contributed by atoms with van der Waals surface area (Å²) in [6.07, 6.45) is 4.94. The molecule has 6 heteroatoms. The predicted octanol–water partition coefficient (Wildman–Crippen LogP) is 1.41. The molecular weight excluding hydrogens is 286 g/mol. The maximum atomic E-state index is 11.4. The highest BCUT2D eigenvalue weighted by Gasteiger charge is 2.27. The van der Waals surface area contributed by atoms with Crippen LogP contribution < -0.4 is 10.0 Å². The van der Waals surface area contributed by atoms with Gasteiger partial charge in [-0.2, -0.15) is 0 Å². The van der Waals surface area contributed by atoms with Gasteiger partial charge >= 0.3 is 0 Å². The Morgan fingerprint density at radius 3 is 2.62 bits per heavy atom. The van der Waals surface area contributed by atoms with E-state index >= 15 is 0 Å². The first kappa shape index (κ1) is 18.9. The molecule has 0 aromatic heterocycles. The van der Waals surface area contributed by atoms with Crippen molar-refractivity contribution in [3.8, 4) is 0 Å². The van der Waals surface area contributed by atoms with Crippen LogP contribution in [0.5, 0.6) is 0 Å². The fourth-order valence-electron chi connectivity index (χ4n) is 3.14. The Kier molecular flexibility index (Phi) is 7.10. The summed E-state index contributed by atoms with van der Waals surface area (Å²) in [5, 5.41) is 3.52. The van der Waals surface area contributed by atoms with Crippen molar-refractivity contribution < 1.29 is 8.42 Å². The highest BCUT2D eigenvalue weighted by atomic mass is 32.2. The van der Waals surface area contributed by atoms with Gasteiger partial charge in [0.1, 0.15) is 0 Å². The molecule has 1 heterocycles. The molecule has 0 saturated carbocycles. The summed E-state index contributed by atoms with van der Waals surface area (Å²) in [5.41, 5.74) is -0.459. The molecule has 0 aromatic rings. The molecule has 2 N–H and O–H groups in total. The lowest BCUT2D eigenvalue weighted by Gasteiger charge is -2.37. The molecular formula is C15H33N3O2S. The summed E-state index contributed by atoms with van der Waals surface area (Å²) in [4.78, 5) is 2.55. The first-order valence-corrected chi connectivity index (χ1v) is 9.97. The fraction of sp³-hybridized carbons (Fsp3) is 1.00. The van der Waals surface area contributed by atoms with Crippen molar-refractivity contribution in [2.45, 2.75) is 58.5 Å². The van der Waals surface area contributed by atoms with E-state index in [1.54, 1.807) is 0 Å². The van der Waals surface area contributed by atoms with E-state index in [2.05, 4.69) is 28.8 Å². The van der Waals surface area contributed by atoms with Crippen LogP contribution in [0.4, 0.5) is 0 Å². The molecule has 1 aliphatic rings. The molecule has 1 rings (SSSR count). The van der Waals surface area contributed by atoms with Gasteiger partial charge in [0.15, 0.2) is 0 Å². The van der Waals surface area contributed by atoms with Gasteiger partial charge in [-0.05, 0) is 59.0 Å². The molecule has 2 atom stereocenters. The molecule has 2 unspecified atom stereocenters. The van der Waals surface area contributed by atoms with Gasteiger partial charge in [-0.15, -0.1) is 0 Å². The first-order chi connectivity index (χ1) is 9.63. The van der Waals surface area contributed by atoms with E-state index in [-0.39, 0.29) is 0 Å². The molecule has 0 bridgehead atoms. The largest absolute Gasteiger partial charge is 0.312 e. The molecule has 0 spiro atoms. The van der Waals surface area contributed by atoms with Crippen molar-refractivity contribution in [3.63, 3.8) is 0 Å². The van der Waals surface area contributed by atoms with Crippen LogP contribution in [-0.4, -0.2) is 57.3 Å². The summed E-state index contributed by atoms with van der Waals surface area (Å²) < 4.78 is 25.4. The summed E-state index contributed by atoms with van der Waals surface area (Å²) in [6.45, 7) is 12.5. The van der Waals surface area contributed by atoms with E-state index in [0.717, 1.165) is 6.54 Å². The number of piperidine rings is 1. The topological polar surface area (TPSA) is 61.4 Å². The molecule has 5 nitrogen and oxygen atoms in total. The minimum Gasteiger partial charge on any atom is -0.312 e. The lowest BCUT2D eigenvalue weighted by atomic mass is 9.91. The molecule has 0 aromatic carbocycles. The van der Waals surface area contributed by atoms with Crippen molar-refractivity contribution >= 4 is 10.0 Å². The molecule has 1 aliphatic heterocycles. The molecule has 21 heavy (non-hydrogen) atoms. The number of rotatable bonds is 8. The van der Waals surface area contributed by atoms with E-state index < -0.39 is 15.6 Å². The van der Waals surface area contributed by atoms with Gasteiger partial charge < -0.3 is 10.2 Å². The third kappa shape index (κ3) is 7.58. The Labute approximate surface area is 130 Å². The molecule has 0 radical (unpaired) electrons. The van der Waals surface area contributed by atoms with Crippen molar-refractivity contribution in [3.05, 3.63) is 0 Å². The van der Waals surface area contributed by atoms with Gasteiger partial charge in [0.2, 0.25) is 10.0 Å². The summed E-state index contributed by atoms with van der Waals surface area (Å²) in [6, 6.07) is 0.408. The van der Waals surface area contributed by atoms with Crippen LogP contribution in [0.25, 0.3) is 0 Å². The number of sulfonamides is 1. The van der Waals surface area contributed by atoms with Gasteiger partial charge in [-0.25, -0.2) is 13.1 Å². The number of hydrogen-bond donors (Lipinski definition) is 2. The summed E-state index contributed by atoms with van der Waals surface area (Å²) >= 11 is 0. The van der Waals surface area contributed by atoms with Crippen LogP contribution in [-0.2, 0) is 10.0 Å². The third-order valence-electron chi connectivity index (χ3n) is 4.12. The lowest BCUT2D eigenvalue weighted by Crippen LogP contribution is -2.53. The molecule has 1 saturated heterocycles. The maximum absolute atomic E-state index is 11.4. The van der Waals surface area contributed by atoms with Gasteiger partial charge in [-0.3, -0.25) is 0 Å². The van der Waals surface area contributed by atoms with E-state index in [4.69, 9.17) is 0 Å². The summed E-state index contributed by atoms with van der Waals surface area (Å²) in [7, 11) is -3.17. The van der Waals surface area contributed by atoms with Crippen molar-refractivity contribution in [1.29, 1.82) is 0 Å². The number of likely N-dealkylation sites (tertiary alicyclic amines) is 1. The average Bonchev–Trinajstić information content (AvgIpc) is 2.34. The Hall–Kier alpha value is -0.170. The van der Waals surface area contributed by atoms with E-state index in [1.807, 2.05) is 13.8 Å². The first-order valence-electron chi connectivity index (χ1n) is 8.07. The zero-order valence-electron chi connectivity index (χ0n) is 14.3. The van der Waals surface area contributed by atoms with Crippen LogP contribution in [0.3, 0.4) is 0 Å². The van der Waals surface area contributed by atoms with Crippen LogP contribution >= 0.6 is 0 Å². The fourth-order valence-corrected chi connectivity index (χ4v) is 4.22. The lowest BCUT2D eigenvalue weighted by molar-refractivity contribution is 0.148. The second-order valence-corrected chi connectivity index (χ2v) is 8.88. The van der Waals surface area contributed by atoms with Crippen molar-refractivity contribution in [2.75, 3.05) is 32.4 Å². The van der Waals surface area contributed by atoms with Gasteiger partial charge in [-0.1, -0.05) is 6.92 Å². The Bertz CT molecular complexity index is 407. The molecule has 1 fully saturated rings. The number of nitrogens with zero attached hydrogens (tertiary/aromatic N) is 1. The average molecular weight is 320 g/mol. The second kappa shape index (κ2) is 7.90. The Morgan fingerprint density at radius 1 is 1.38 bits per heavy atom. The monoisotopic (exact) mass is 319 g/mol. The second-order valence-electron chi connectivity index (χ2n) is 7.13. The summed E-state index contributed by atoms with van der Waals surface area (Å²) in [5.74, 6) is 0.652. The number of nitrogens with one attached hydrogen (secondary N) is 2. The van der Waals surface area contributed by atoms with E-state index in [9.17, 15) is 8.42 Å². The minimum atomic E-state index is -3.17. The predicted molar refractivity (Wildman–Crippen MR) is 89.0 cm³/mol. The maximum Gasteiger partial charge on any atom is 0.209 e. The van der Waals surface area contributed by atoms with Gasteiger partial charge in [0, 0.05) is 24.7 Å². The van der Waals surface area contributed by atoms with E-state index in [0.29, 0.717) is 18.5 Å². The van der Waals surface area contributed by atoms with Crippen LogP contribution in [0.15, 0.2) is 0 Å². The normalized spacial score (nSPS) is 23.2. The SMILES string of the molecule is CCCN1CCCC(C(C)NCC(C)(C)NS(C)(=O)=O)C1. The zero-order valence-corrected chi connectivity index (χ0v) is 15.1. The van der Waals surface area contributed by atoms with Gasteiger partial charge in [0.25, 0.3) is 0 Å². The number of hydrogen-bond acceptors (Lipinski definition) is 4. The molecule has 0 aliphatic carbocycles. The smallest absolute Gasteiger partial charge is 0.209 e. The molecule has 0 amide bonds. The van der Waals surface area contributed by atoms with Crippen molar-refractivity contribution in [1.82, 2.24) is 14.9 Å². The van der Waals surface area contributed by atoms with Crippen molar-refractivity contribution in [2.24, 2.45) is 5.92 Å².